The van der Waals surface area contributed by atoms with E-state index in [9.17, 15) is 4.79 Å². The molecule has 3 rings (SSSR count). The van der Waals surface area contributed by atoms with Crippen molar-refractivity contribution in [3.05, 3.63) is 45.0 Å². The zero-order chi connectivity index (χ0) is 14.3. The van der Waals surface area contributed by atoms with Gasteiger partial charge in [-0.25, -0.2) is 0 Å². The van der Waals surface area contributed by atoms with Crippen LogP contribution in [0.5, 0.6) is 0 Å². The molecule has 0 bridgehead atoms. The maximum Gasteiger partial charge on any atom is 0.295 e. The van der Waals surface area contributed by atoms with Crippen molar-refractivity contribution >= 4 is 21.8 Å². The van der Waals surface area contributed by atoms with Gasteiger partial charge >= 0.3 is 0 Å². The van der Waals surface area contributed by atoms with Crippen LogP contribution in [0.25, 0.3) is 0 Å². The molecule has 0 aliphatic carbocycles. The standard InChI is InChI=1S/C14H14BrN3O2/c1-8-5-10-7-18(4-3-11(10)12(15)6-8)14(19)13-16-9(2)20-17-13/h5-6H,3-4,7H2,1-2H3. The third-order valence-corrected chi connectivity index (χ3v) is 4.14. The Labute approximate surface area is 125 Å². The lowest BCUT2D eigenvalue weighted by atomic mass is 9.97. The van der Waals surface area contributed by atoms with E-state index in [0.717, 1.165) is 10.9 Å². The Balaban J connectivity index is 1.87. The van der Waals surface area contributed by atoms with Gasteiger partial charge in [0.05, 0.1) is 0 Å². The molecule has 0 unspecified atom stereocenters. The van der Waals surface area contributed by atoms with E-state index in [4.69, 9.17) is 4.52 Å². The first-order valence-corrected chi connectivity index (χ1v) is 7.21. The summed E-state index contributed by atoms with van der Waals surface area (Å²) in [6.07, 6.45) is 0.832. The first-order chi connectivity index (χ1) is 9.54. The summed E-state index contributed by atoms with van der Waals surface area (Å²) >= 11 is 3.59. The normalized spacial score (nSPS) is 14.2. The predicted octanol–water partition coefficient (Wildman–Crippen LogP) is 2.65. The summed E-state index contributed by atoms with van der Waals surface area (Å²) in [5.41, 5.74) is 3.64. The van der Waals surface area contributed by atoms with Crippen LogP contribution in [0.2, 0.25) is 0 Å². The zero-order valence-corrected chi connectivity index (χ0v) is 12.9. The number of aromatic nitrogens is 2. The number of carbonyl (C=O) groups is 1. The lowest BCUT2D eigenvalue weighted by molar-refractivity contribution is 0.0718. The average Bonchev–Trinajstić information content (AvgIpc) is 2.83. The Morgan fingerprint density at radius 3 is 2.90 bits per heavy atom. The van der Waals surface area contributed by atoms with E-state index in [1.54, 1.807) is 11.8 Å². The molecule has 0 saturated carbocycles. The molecule has 0 fully saturated rings. The molecule has 0 radical (unpaired) electrons. The molecule has 0 N–H and O–H groups in total. The van der Waals surface area contributed by atoms with Gasteiger partial charge in [-0.3, -0.25) is 4.79 Å². The van der Waals surface area contributed by atoms with Gasteiger partial charge in [-0.1, -0.05) is 27.2 Å². The number of hydrogen-bond acceptors (Lipinski definition) is 4. The summed E-state index contributed by atoms with van der Waals surface area (Å²) in [5.74, 6) is 0.368. The number of benzene rings is 1. The van der Waals surface area contributed by atoms with Crippen LogP contribution in [0.4, 0.5) is 0 Å². The van der Waals surface area contributed by atoms with Crippen LogP contribution in [0.1, 0.15) is 33.2 Å². The van der Waals surface area contributed by atoms with Gasteiger partial charge in [0.15, 0.2) is 0 Å². The molecule has 20 heavy (non-hydrogen) atoms. The molecule has 2 heterocycles. The molecule has 1 aromatic carbocycles. The summed E-state index contributed by atoms with van der Waals surface area (Å²) in [5, 5.41) is 3.70. The quantitative estimate of drug-likeness (QED) is 0.803. The second-order valence-corrected chi connectivity index (χ2v) is 5.85. The highest BCUT2D eigenvalue weighted by Crippen LogP contribution is 2.28. The minimum Gasteiger partial charge on any atom is -0.339 e. The average molecular weight is 336 g/mol. The van der Waals surface area contributed by atoms with Crippen molar-refractivity contribution in [3.63, 3.8) is 0 Å². The fraction of sp³-hybridized carbons (Fsp3) is 0.357. The second-order valence-electron chi connectivity index (χ2n) is 5.00. The van der Waals surface area contributed by atoms with Crippen molar-refractivity contribution in [2.75, 3.05) is 6.54 Å². The third kappa shape index (κ3) is 2.35. The zero-order valence-electron chi connectivity index (χ0n) is 11.3. The van der Waals surface area contributed by atoms with Gasteiger partial charge in [-0.2, -0.15) is 4.98 Å². The van der Waals surface area contributed by atoms with Crippen LogP contribution in [0.3, 0.4) is 0 Å². The molecule has 1 aliphatic rings. The van der Waals surface area contributed by atoms with Gasteiger partial charge in [0, 0.05) is 24.5 Å². The van der Waals surface area contributed by atoms with E-state index in [1.165, 1.54) is 16.7 Å². The SMILES string of the molecule is Cc1cc(Br)c2c(c1)CN(C(=O)c1noc(C)n1)CC2. The smallest absolute Gasteiger partial charge is 0.295 e. The molecule has 0 atom stereocenters. The van der Waals surface area contributed by atoms with E-state index in [2.05, 4.69) is 38.2 Å². The lowest BCUT2D eigenvalue weighted by Gasteiger charge is -2.29. The highest BCUT2D eigenvalue weighted by Gasteiger charge is 2.26. The highest BCUT2D eigenvalue weighted by molar-refractivity contribution is 9.10. The molecular weight excluding hydrogens is 322 g/mol. The summed E-state index contributed by atoms with van der Waals surface area (Å²) < 4.78 is 5.99. The lowest BCUT2D eigenvalue weighted by Crippen LogP contribution is -2.36. The van der Waals surface area contributed by atoms with Crippen molar-refractivity contribution in [3.8, 4) is 0 Å². The number of fused-ring (bicyclic) bond motifs is 1. The van der Waals surface area contributed by atoms with Crippen molar-refractivity contribution < 1.29 is 9.32 Å². The van der Waals surface area contributed by atoms with Crippen LogP contribution in [0, 0.1) is 13.8 Å². The highest BCUT2D eigenvalue weighted by atomic mass is 79.9. The van der Waals surface area contributed by atoms with Crippen LogP contribution in [0.15, 0.2) is 21.1 Å². The van der Waals surface area contributed by atoms with Crippen LogP contribution in [-0.2, 0) is 13.0 Å². The summed E-state index contributed by atoms with van der Waals surface area (Å²) in [4.78, 5) is 18.1. The Hall–Kier alpha value is -1.69. The van der Waals surface area contributed by atoms with Gasteiger partial charge in [0.1, 0.15) is 0 Å². The second kappa shape index (κ2) is 5.01. The van der Waals surface area contributed by atoms with E-state index < -0.39 is 0 Å². The number of halogens is 1. The predicted molar refractivity (Wildman–Crippen MR) is 76.4 cm³/mol. The van der Waals surface area contributed by atoms with Crippen molar-refractivity contribution in [2.45, 2.75) is 26.8 Å². The topological polar surface area (TPSA) is 59.2 Å². The molecule has 1 amide bonds. The fourth-order valence-electron chi connectivity index (χ4n) is 2.50. The summed E-state index contributed by atoms with van der Waals surface area (Å²) in [7, 11) is 0. The van der Waals surface area contributed by atoms with E-state index in [0.29, 0.717) is 19.0 Å². The number of rotatable bonds is 1. The van der Waals surface area contributed by atoms with Crippen LogP contribution < -0.4 is 0 Å². The van der Waals surface area contributed by atoms with Gasteiger partial charge < -0.3 is 9.42 Å². The monoisotopic (exact) mass is 335 g/mol. The summed E-state index contributed by atoms with van der Waals surface area (Å²) in [6, 6.07) is 4.24. The fourth-order valence-corrected chi connectivity index (χ4v) is 3.31. The number of carbonyl (C=O) groups excluding carboxylic acids is 1. The number of amides is 1. The van der Waals surface area contributed by atoms with E-state index >= 15 is 0 Å². The molecule has 2 aromatic rings. The Kier molecular flexibility index (Phi) is 3.33. The van der Waals surface area contributed by atoms with Crippen molar-refractivity contribution in [1.82, 2.24) is 15.0 Å². The van der Waals surface area contributed by atoms with Gasteiger partial charge in [0.25, 0.3) is 11.7 Å². The molecule has 1 aromatic heterocycles. The van der Waals surface area contributed by atoms with Gasteiger partial charge in [-0.15, -0.1) is 0 Å². The van der Waals surface area contributed by atoms with Crippen LogP contribution >= 0.6 is 15.9 Å². The van der Waals surface area contributed by atoms with E-state index in [-0.39, 0.29) is 11.7 Å². The largest absolute Gasteiger partial charge is 0.339 e. The Morgan fingerprint density at radius 1 is 1.40 bits per heavy atom. The summed E-state index contributed by atoms with van der Waals surface area (Å²) in [6.45, 7) is 4.98. The van der Waals surface area contributed by atoms with Gasteiger partial charge in [-0.05, 0) is 36.1 Å². The minimum absolute atomic E-state index is 0.137. The van der Waals surface area contributed by atoms with Gasteiger partial charge in [0.2, 0.25) is 5.89 Å². The maximum atomic E-state index is 12.3. The molecule has 1 aliphatic heterocycles. The van der Waals surface area contributed by atoms with E-state index in [1.807, 2.05) is 6.92 Å². The number of hydrogen-bond donors (Lipinski definition) is 0. The molecule has 5 nitrogen and oxygen atoms in total. The van der Waals surface area contributed by atoms with Crippen molar-refractivity contribution in [1.29, 1.82) is 0 Å². The molecule has 0 spiro atoms. The third-order valence-electron chi connectivity index (χ3n) is 3.43. The molecule has 6 heteroatoms. The molecular formula is C14H14BrN3O2. The number of nitrogens with zero attached hydrogens (tertiary/aromatic N) is 3. The first kappa shape index (κ1) is 13.3. The van der Waals surface area contributed by atoms with Crippen LogP contribution in [-0.4, -0.2) is 27.5 Å². The first-order valence-electron chi connectivity index (χ1n) is 6.42. The van der Waals surface area contributed by atoms with Crippen molar-refractivity contribution in [2.24, 2.45) is 0 Å². The number of aryl methyl sites for hydroxylation is 2. The minimum atomic E-state index is -0.176. The molecule has 104 valence electrons. The Bertz CT molecular complexity index is 681. The Morgan fingerprint density at radius 2 is 2.20 bits per heavy atom. The maximum absolute atomic E-state index is 12.3. The molecule has 0 saturated heterocycles.